The molecule has 2 aromatic rings. The summed E-state index contributed by atoms with van der Waals surface area (Å²) in [4.78, 5) is 14.3. The number of hydrogen-bond donors (Lipinski definition) is 1. The van der Waals surface area contributed by atoms with Crippen LogP contribution in [0.2, 0.25) is 0 Å². The fraction of sp³-hybridized carbons (Fsp3) is 0.235. The predicted molar refractivity (Wildman–Crippen MR) is 80.7 cm³/mol. The third kappa shape index (κ3) is 2.67. The zero-order chi connectivity index (χ0) is 14.8. The summed E-state index contributed by atoms with van der Waals surface area (Å²) in [5.74, 6) is -0.338. The van der Waals surface area contributed by atoms with Gasteiger partial charge < -0.3 is 10.2 Å². The smallest absolute Gasteiger partial charge is 0.248 e. The van der Waals surface area contributed by atoms with Crippen molar-refractivity contribution in [3.8, 4) is 0 Å². The van der Waals surface area contributed by atoms with Gasteiger partial charge in [-0.15, -0.1) is 0 Å². The molecule has 0 aliphatic carbocycles. The molecule has 1 amide bonds. The van der Waals surface area contributed by atoms with E-state index in [2.05, 4.69) is 11.4 Å². The molecule has 0 radical (unpaired) electrons. The van der Waals surface area contributed by atoms with E-state index >= 15 is 0 Å². The Labute approximate surface area is 123 Å². The first kappa shape index (κ1) is 13.8. The van der Waals surface area contributed by atoms with E-state index in [1.165, 1.54) is 17.7 Å². The van der Waals surface area contributed by atoms with Gasteiger partial charge in [0.15, 0.2) is 0 Å². The van der Waals surface area contributed by atoms with Crippen molar-refractivity contribution in [3.63, 3.8) is 0 Å². The van der Waals surface area contributed by atoms with Crippen molar-refractivity contribution < 1.29 is 9.18 Å². The molecule has 1 aliphatic heterocycles. The number of amides is 1. The Bertz CT molecular complexity index is 654. The highest BCUT2D eigenvalue weighted by molar-refractivity contribution is 5.97. The lowest BCUT2D eigenvalue weighted by atomic mass is 9.93. The van der Waals surface area contributed by atoms with Gasteiger partial charge in [0.2, 0.25) is 5.91 Å². The lowest BCUT2D eigenvalue weighted by molar-refractivity contribution is -0.120. The number of carbonyl (C=O) groups excluding carboxylic acids is 1. The molecule has 4 heteroatoms. The molecule has 0 spiro atoms. The van der Waals surface area contributed by atoms with Gasteiger partial charge in [-0.1, -0.05) is 24.3 Å². The van der Waals surface area contributed by atoms with Gasteiger partial charge in [-0.3, -0.25) is 4.79 Å². The number of hydrogen-bond acceptors (Lipinski definition) is 2. The minimum Gasteiger partial charge on any atom is -0.314 e. The molecule has 3 rings (SSSR count). The number of carbonyl (C=O) groups is 1. The Morgan fingerprint density at radius 2 is 1.90 bits per heavy atom. The number of nitrogens with zero attached hydrogens (tertiary/aromatic N) is 1. The number of benzene rings is 2. The maximum absolute atomic E-state index is 13.0. The van der Waals surface area contributed by atoms with Crippen LogP contribution in [-0.4, -0.2) is 19.5 Å². The van der Waals surface area contributed by atoms with Crippen LogP contribution in [0.4, 0.5) is 10.1 Å². The SMILES string of the molecule is CN(C(=O)C1NCCc2ccccc21)c1ccc(F)cc1. The van der Waals surface area contributed by atoms with E-state index in [0.717, 1.165) is 18.5 Å². The van der Waals surface area contributed by atoms with E-state index in [9.17, 15) is 9.18 Å². The zero-order valence-corrected chi connectivity index (χ0v) is 11.8. The van der Waals surface area contributed by atoms with Gasteiger partial charge >= 0.3 is 0 Å². The van der Waals surface area contributed by atoms with Crippen LogP contribution < -0.4 is 10.2 Å². The van der Waals surface area contributed by atoms with Gasteiger partial charge in [0.1, 0.15) is 11.9 Å². The van der Waals surface area contributed by atoms with Crippen LogP contribution in [0.3, 0.4) is 0 Å². The molecule has 2 aromatic carbocycles. The van der Waals surface area contributed by atoms with Gasteiger partial charge in [0.05, 0.1) is 0 Å². The number of anilines is 1. The molecule has 1 heterocycles. The van der Waals surface area contributed by atoms with E-state index in [1.54, 1.807) is 24.1 Å². The van der Waals surface area contributed by atoms with Crippen LogP contribution in [0.15, 0.2) is 48.5 Å². The molecular weight excluding hydrogens is 267 g/mol. The van der Waals surface area contributed by atoms with E-state index in [4.69, 9.17) is 0 Å². The molecule has 0 saturated heterocycles. The van der Waals surface area contributed by atoms with Gasteiger partial charge in [0.25, 0.3) is 0 Å². The Kier molecular flexibility index (Phi) is 3.71. The second kappa shape index (κ2) is 5.66. The molecule has 21 heavy (non-hydrogen) atoms. The summed E-state index contributed by atoms with van der Waals surface area (Å²) in [7, 11) is 1.72. The highest BCUT2D eigenvalue weighted by atomic mass is 19.1. The maximum atomic E-state index is 13.0. The number of fused-ring (bicyclic) bond motifs is 1. The molecule has 1 N–H and O–H groups in total. The van der Waals surface area contributed by atoms with Gasteiger partial charge in [-0.05, 0) is 41.8 Å². The normalized spacial score (nSPS) is 17.1. The number of halogens is 1. The van der Waals surface area contributed by atoms with Crippen molar-refractivity contribution in [1.29, 1.82) is 0 Å². The van der Waals surface area contributed by atoms with Gasteiger partial charge in [-0.25, -0.2) is 4.39 Å². The van der Waals surface area contributed by atoms with Crippen LogP contribution in [0.5, 0.6) is 0 Å². The lowest BCUT2D eigenvalue weighted by Gasteiger charge is -2.29. The van der Waals surface area contributed by atoms with Crippen molar-refractivity contribution in [1.82, 2.24) is 5.32 Å². The van der Waals surface area contributed by atoms with Crippen molar-refractivity contribution >= 4 is 11.6 Å². The summed E-state index contributed by atoms with van der Waals surface area (Å²) >= 11 is 0. The molecule has 108 valence electrons. The molecule has 3 nitrogen and oxygen atoms in total. The Morgan fingerprint density at radius 1 is 1.19 bits per heavy atom. The molecular formula is C17H17FN2O. The Hall–Kier alpha value is -2.20. The minimum atomic E-state index is -0.343. The second-order valence-electron chi connectivity index (χ2n) is 5.21. The molecule has 0 aromatic heterocycles. The lowest BCUT2D eigenvalue weighted by Crippen LogP contribution is -2.42. The highest BCUT2D eigenvalue weighted by Crippen LogP contribution is 2.26. The van der Waals surface area contributed by atoms with Crippen LogP contribution in [0.25, 0.3) is 0 Å². The first-order valence-corrected chi connectivity index (χ1v) is 7.01. The monoisotopic (exact) mass is 284 g/mol. The van der Waals surface area contributed by atoms with E-state index < -0.39 is 0 Å². The summed E-state index contributed by atoms with van der Waals surface area (Å²) < 4.78 is 13.0. The van der Waals surface area contributed by atoms with Crippen molar-refractivity contribution in [2.24, 2.45) is 0 Å². The summed E-state index contributed by atoms with van der Waals surface area (Å²) in [5.41, 5.74) is 2.93. The molecule has 1 unspecified atom stereocenters. The topological polar surface area (TPSA) is 32.3 Å². The third-order valence-electron chi connectivity index (χ3n) is 3.90. The fourth-order valence-electron chi connectivity index (χ4n) is 2.71. The second-order valence-corrected chi connectivity index (χ2v) is 5.21. The standard InChI is InChI=1S/C17H17FN2O/c1-20(14-8-6-13(18)7-9-14)17(21)16-15-5-3-2-4-12(15)10-11-19-16/h2-9,16,19H,10-11H2,1H3. The van der Waals surface area contributed by atoms with E-state index in [-0.39, 0.29) is 17.8 Å². The average Bonchev–Trinajstić information content (AvgIpc) is 2.53. The van der Waals surface area contributed by atoms with E-state index in [0.29, 0.717) is 5.69 Å². The molecule has 0 saturated carbocycles. The van der Waals surface area contributed by atoms with Crippen LogP contribution in [-0.2, 0) is 11.2 Å². The summed E-state index contributed by atoms with van der Waals surface area (Å²) in [6.07, 6.45) is 0.931. The molecule has 1 atom stereocenters. The van der Waals surface area contributed by atoms with Gasteiger partial charge in [-0.2, -0.15) is 0 Å². The van der Waals surface area contributed by atoms with Crippen LogP contribution in [0, 0.1) is 5.82 Å². The van der Waals surface area contributed by atoms with E-state index in [1.807, 2.05) is 18.2 Å². The van der Waals surface area contributed by atoms with Gasteiger partial charge in [0, 0.05) is 19.3 Å². The van der Waals surface area contributed by atoms with Crippen molar-refractivity contribution in [2.75, 3.05) is 18.5 Å². The minimum absolute atomic E-state index is 0.0336. The third-order valence-corrected chi connectivity index (χ3v) is 3.90. The molecule has 1 aliphatic rings. The molecule has 0 bridgehead atoms. The van der Waals surface area contributed by atoms with Crippen LogP contribution in [0.1, 0.15) is 17.2 Å². The number of rotatable bonds is 2. The first-order valence-electron chi connectivity index (χ1n) is 7.01. The molecule has 0 fully saturated rings. The highest BCUT2D eigenvalue weighted by Gasteiger charge is 2.28. The fourth-order valence-corrected chi connectivity index (χ4v) is 2.71. The Balaban J connectivity index is 1.87. The summed E-state index contributed by atoms with van der Waals surface area (Å²) in [6, 6.07) is 13.6. The maximum Gasteiger partial charge on any atom is 0.248 e. The number of nitrogens with one attached hydrogen (secondary N) is 1. The first-order chi connectivity index (χ1) is 10.2. The zero-order valence-electron chi connectivity index (χ0n) is 11.8. The summed E-state index contributed by atoms with van der Waals surface area (Å²) in [5, 5.41) is 3.27. The summed E-state index contributed by atoms with van der Waals surface area (Å²) in [6.45, 7) is 0.782. The van der Waals surface area contributed by atoms with Crippen molar-refractivity contribution in [3.05, 3.63) is 65.5 Å². The quantitative estimate of drug-likeness (QED) is 0.919. The predicted octanol–water partition coefficient (Wildman–Crippen LogP) is 2.68. The Morgan fingerprint density at radius 3 is 2.67 bits per heavy atom. The average molecular weight is 284 g/mol. The van der Waals surface area contributed by atoms with Crippen LogP contribution >= 0.6 is 0 Å². The largest absolute Gasteiger partial charge is 0.314 e. The number of likely N-dealkylation sites (N-methyl/N-ethyl adjacent to an activating group) is 1. The van der Waals surface area contributed by atoms with Crippen molar-refractivity contribution in [2.45, 2.75) is 12.5 Å².